The summed E-state index contributed by atoms with van der Waals surface area (Å²) >= 11 is 6.11. The first-order valence-corrected chi connectivity index (χ1v) is 7.06. The maximum absolute atomic E-state index is 12.5. The van der Waals surface area contributed by atoms with Crippen molar-refractivity contribution in [1.29, 1.82) is 0 Å². The van der Waals surface area contributed by atoms with Crippen molar-refractivity contribution < 1.29 is 14.7 Å². The van der Waals surface area contributed by atoms with Crippen LogP contribution >= 0.6 is 11.6 Å². The Hall–Kier alpha value is -1.55. The van der Waals surface area contributed by atoms with Crippen LogP contribution in [0.25, 0.3) is 0 Å². The standard InChI is InChI=1S/C15H18ClNO3/c1-3-15(14(19)20)6-7-17(9-15)13(18)11-5-4-10(2)8-12(11)16/h4-5,8H,3,6-7,9H2,1-2H3,(H,19,20). The highest BCUT2D eigenvalue weighted by molar-refractivity contribution is 6.33. The van der Waals surface area contributed by atoms with E-state index in [1.54, 1.807) is 17.0 Å². The van der Waals surface area contributed by atoms with Crippen molar-refractivity contribution in [1.82, 2.24) is 4.90 Å². The second-order valence-electron chi connectivity index (χ2n) is 5.40. The molecule has 1 N–H and O–H groups in total. The maximum atomic E-state index is 12.5. The Morgan fingerprint density at radius 1 is 1.45 bits per heavy atom. The van der Waals surface area contributed by atoms with Gasteiger partial charge < -0.3 is 10.0 Å². The van der Waals surface area contributed by atoms with Crippen LogP contribution in [0.1, 0.15) is 35.7 Å². The minimum Gasteiger partial charge on any atom is -0.481 e. The Kier molecular flexibility index (Phi) is 4.04. The number of benzene rings is 1. The van der Waals surface area contributed by atoms with Crippen molar-refractivity contribution in [3.8, 4) is 0 Å². The molecule has 1 fully saturated rings. The Bertz CT molecular complexity index is 558. The van der Waals surface area contributed by atoms with Crippen molar-refractivity contribution in [2.75, 3.05) is 13.1 Å². The van der Waals surface area contributed by atoms with E-state index in [4.69, 9.17) is 11.6 Å². The van der Waals surface area contributed by atoms with E-state index < -0.39 is 11.4 Å². The molecule has 1 aromatic carbocycles. The number of aryl methyl sites for hydroxylation is 1. The summed E-state index contributed by atoms with van der Waals surface area (Å²) < 4.78 is 0. The predicted molar refractivity (Wildman–Crippen MR) is 77.1 cm³/mol. The van der Waals surface area contributed by atoms with Crippen LogP contribution < -0.4 is 0 Å². The largest absolute Gasteiger partial charge is 0.481 e. The fraction of sp³-hybridized carbons (Fsp3) is 0.467. The molecule has 1 saturated heterocycles. The number of hydrogen-bond acceptors (Lipinski definition) is 2. The fourth-order valence-corrected chi connectivity index (χ4v) is 2.94. The SMILES string of the molecule is CCC1(C(=O)O)CCN(C(=O)c2ccc(C)cc2Cl)C1. The number of carbonyl (C=O) groups excluding carboxylic acids is 1. The molecule has 108 valence electrons. The first kappa shape index (κ1) is 14.9. The normalized spacial score (nSPS) is 22.1. The molecule has 1 unspecified atom stereocenters. The van der Waals surface area contributed by atoms with E-state index in [9.17, 15) is 14.7 Å². The molecule has 0 bridgehead atoms. The topological polar surface area (TPSA) is 57.6 Å². The van der Waals surface area contributed by atoms with Crippen LogP contribution in [-0.4, -0.2) is 35.0 Å². The average Bonchev–Trinajstić information content (AvgIpc) is 2.83. The van der Waals surface area contributed by atoms with Crippen LogP contribution in [0.5, 0.6) is 0 Å². The molecule has 0 saturated carbocycles. The minimum atomic E-state index is -0.828. The molecule has 20 heavy (non-hydrogen) atoms. The molecule has 0 radical (unpaired) electrons. The number of halogens is 1. The van der Waals surface area contributed by atoms with Gasteiger partial charge in [0.1, 0.15) is 0 Å². The summed E-state index contributed by atoms with van der Waals surface area (Å²) in [6.07, 6.45) is 1.02. The highest BCUT2D eigenvalue weighted by Crippen LogP contribution is 2.35. The molecular weight excluding hydrogens is 278 g/mol. The average molecular weight is 296 g/mol. The molecule has 1 aliphatic rings. The van der Waals surface area contributed by atoms with Crippen LogP contribution in [0.3, 0.4) is 0 Å². The zero-order chi connectivity index (χ0) is 14.9. The summed E-state index contributed by atoms with van der Waals surface area (Å²) in [6.45, 7) is 4.47. The number of nitrogens with zero attached hydrogens (tertiary/aromatic N) is 1. The lowest BCUT2D eigenvalue weighted by Gasteiger charge is -2.23. The number of likely N-dealkylation sites (tertiary alicyclic amines) is 1. The molecule has 0 aromatic heterocycles. The van der Waals surface area contributed by atoms with E-state index in [-0.39, 0.29) is 12.5 Å². The van der Waals surface area contributed by atoms with Gasteiger partial charge in [0.05, 0.1) is 16.0 Å². The van der Waals surface area contributed by atoms with Gasteiger partial charge in [0.2, 0.25) is 0 Å². The third-order valence-corrected chi connectivity index (χ3v) is 4.44. The Balaban J connectivity index is 2.21. The smallest absolute Gasteiger partial charge is 0.311 e. The lowest BCUT2D eigenvalue weighted by Crippen LogP contribution is -2.36. The molecule has 0 spiro atoms. The molecule has 1 aromatic rings. The van der Waals surface area contributed by atoms with Crippen LogP contribution in [0, 0.1) is 12.3 Å². The van der Waals surface area contributed by atoms with E-state index in [1.165, 1.54) is 0 Å². The van der Waals surface area contributed by atoms with Gasteiger partial charge in [0.25, 0.3) is 5.91 Å². The summed E-state index contributed by atoms with van der Waals surface area (Å²) in [6, 6.07) is 5.28. The lowest BCUT2D eigenvalue weighted by atomic mass is 9.84. The van der Waals surface area contributed by atoms with Gasteiger partial charge >= 0.3 is 5.97 Å². The molecular formula is C15H18ClNO3. The third-order valence-electron chi connectivity index (χ3n) is 4.13. The quantitative estimate of drug-likeness (QED) is 0.932. The number of rotatable bonds is 3. The number of carbonyl (C=O) groups is 2. The summed E-state index contributed by atoms with van der Waals surface area (Å²) in [5, 5.41) is 9.78. The first-order chi connectivity index (χ1) is 9.39. The molecule has 0 aliphatic carbocycles. The molecule has 5 heteroatoms. The summed E-state index contributed by atoms with van der Waals surface area (Å²) in [4.78, 5) is 25.5. The van der Waals surface area contributed by atoms with Gasteiger partial charge in [-0.25, -0.2) is 0 Å². The fourth-order valence-electron chi connectivity index (χ4n) is 2.62. The summed E-state index contributed by atoms with van der Waals surface area (Å²) in [5.74, 6) is -1.02. The van der Waals surface area contributed by atoms with E-state index in [1.807, 2.05) is 19.9 Å². The number of carboxylic acids is 1. The van der Waals surface area contributed by atoms with Gasteiger partial charge in [-0.2, -0.15) is 0 Å². The van der Waals surface area contributed by atoms with E-state index in [2.05, 4.69) is 0 Å². The summed E-state index contributed by atoms with van der Waals surface area (Å²) in [5.41, 5.74) is 0.614. The second-order valence-corrected chi connectivity index (χ2v) is 5.81. The van der Waals surface area contributed by atoms with Gasteiger partial charge in [-0.1, -0.05) is 24.6 Å². The van der Waals surface area contributed by atoms with Crippen molar-refractivity contribution in [2.45, 2.75) is 26.7 Å². The highest BCUT2D eigenvalue weighted by atomic mass is 35.5. The van der Waals surface area contributed by atoms with E-state index >= 15 is 0 Å². The van der Waals surface area contributed by atoms with Crippen molar-refractivity contribution >= 4 is 23.5 Å². The predicted octanol–water partition coefficient (Wildman–Crippen LogP) is 2.98. The Labute approximate surface area is 123 Å². The highest BCUT2D eigenvalue weighted by Gasteiger charge is 2.45. The van der Waals surface area contributed by atoms with Gasteiger partial charge in [-0.3, -0.25) is 9.59 Å². The Morgan fingerprint density at radius 2 is 2.15 bits per heavy atom. The first-order valence-electron chi connectivity index (χ1n) is 6.68. The van der Waals surface area contributed by atoms with E-state index in [0.717, 1.165) is 5.56 Å². The molecule has 1 amide bonds. The Morgan fingerprint density at radius 3 is 2.65 bits per heavy atom. The number of carboxylic acid groups (broad SMARTS) is 1. The second kappa shape index (κ2) is 5.44. The van der Waals surface area contributed by atoms with Crippen molar-refractivity contribution in [3.63, 3.8) is 0 Å². The van der Waals surface area contributed by atoms with Crippen LogP contribution in [0.2, 0.25) is 5.02 Å². The summed E-state index contributed by atoms with van der Waals surface area (Å²) in [7, 11) is 0. The number of hydrogen-bond donors (Lipinski definition) is 1. The lowest BCUT2D eigenvalue weighted by molar-refractivity contribution is -0.148. The minimum absolute atomic E-state index is 0.188. The third kappa shape index (κ3) is 2.52. The van der Waals surface area contributed by atoms with E-state index in [0.29, 0.717) is 30.0 Å². The molecule has 1 aliphatic heterocycles. The van der Waals surface area contributed by atoms with Crippen LogP contribution in [0.15, 0.2) is 18.2 Å². The van der Waals surface area contributed by atoms with Crippen LogP contribution in [-0.2, 0) is 4.79 Å². The molecule has 1 heterocycles. The van der Waals surface area contributed by atoms with Gasteiger partial charge in [0, 0.05) is 13.1 Å². The molecule has 1 atom stereocenters. The van der Waals surface area contributed by atoms with Crippen molar-refractivity contribution in [2.24, 2.45) is 5.41 Å². The monoisotopic (exact) mass is 295 g/mol. The maximum Gasteiger partial charge on any atom is 0.311 e. The molecule has 2 rings (SSSR count). The zero-order valence-electron chi connectivity index (χ0n) is 11.6. The van der Waals surface area contributed by atoms with Crippen LogP contribution in [0.4, 0.5) is 0 Å². The van der Waals surface area contributed by atoms with Gasteiger partial charge in [-0.05, 0) is 37.5 Å². The van der Waals surface area contributed by atoms with Crippen molar-refractivity contribution in [3.05, 3.63) is 34.3 Å². The number of amides is 1. The molecule has 4 nitrogen and oxygen atoms in total. The van der Waals surface area contributed by atoms with Gasteiger partial charge in [0.15, 0.2) is 0 Å². The van der Waals surface area contributed by atoms with Gasteiger partial charge in [-0.15, -0.1) is 0 Å². The zero-order valence-corrected chi connectivity index (χ0v) is 12.4. The number of aliphatic carboxylic acids is 1.